The molecule has 1 N–H and O–H groups in total. The van der Waals surface area contributed by atoms with Crippen molar-refractivity contribution in [3.05, 3.63) is 65.2 Å². The molecule has 1 heterocycles. The molecule has 0 bridgehead atoms. The summed E-state index contributed by atoms with van der Waals surface area (Å²) in [4.78, 5) is 24.5. The number of hydrogen-bond acceptors (Lipinski definition) is 3. The Morgan fingerprint density at radius 1 is 1.00 bits per heavy atom. The molecule has 2 aromatic rings. The minimum absolute atomic E-state index is 0.00286. The minimum Gasteiger partial charge on any atom is -0.462 e. The molecular weight excluding hydrogens is 326 g/mol. The van der Waals surface area contributed by atoms with Crippen molar-refractivity contribution >= 4 is 17.6 Å². The average molecular weight is 349 g/mol. The van der Waals surface area contributed by atoms with Crippen LogP contribution >= 0.6 is 0 Å². The van der Waals surface area contributed by atoms with E-state index in [0.717, 1.165) is 30.5 Å². The summed E-state index contributed by atoms with van der Waals surface area (Å²) in [6, 6.07) is 16.2. The fourth-order valence-electron chi connectivity index (χ4n) is 3.95. The summed E-state index contributed by atoms with van der Waals surface area (Å²) >= 11 is 0. The zero-order valence-electron chi connectivity index (χ0n) is 14.7. The fourth-order valence-corrected chi connectivity index (χ4v) is 3.95. The maximum absolute atomic E-state index is 12.3. The molecule has 1 aliphatic carbocycles. The molecule has 134 valence electrons. The number of amides is 1. The third-order valence-corrected chi connectivity index (χ3v) is 5.41. The molecule has 2 aromatic carbocycles. The van der Waals surface area contributed by atoms with Crippen molar-refractivity contribution in [1.29, 1.82) is 0 Å². The van der Waals surface area contributed by atoms with E-state index < -0.39 is 0 Å². The van der Waals surface area contributed by atoms with Gasteiger partial charge in [0.05, 0.1) is 0 Å². The number of esters is 1. The molecule has 2 unspecified atom stereocenters. The van der Waals surface area contributed by atoms with Gasteiger partial charge in [0.15, 0.2) is 0 Å². The molecule has 0 aromatic heterocycles. The van der Waals surface area contributed by atoms with Crippen LogP contribution in [0.5, 0.6) is 0 Å². The monoisotopic (exact) mass is 349 g/mol. The maximum atomic E-state index is 12.3. The number of benzene rings is 2. The van der Waals surface area contributed by atoms with Gasteiger partial charge in [0, 0.05) is 24.4 Å². The van der Waals surface area contributed by atoms with E-state index >= 15 is 0 Å². The van der Waals surface area contributed by atoms with Crippen molar-refractivity contribution < 1.29 is 14.3 Å². The average Bonchev–Trinajstić information content (AvgIpc) is 2.66. The third kappa shape index (κ3) is 3.64. The van der Waals surface area contributed by atoms with Crippen molar-refractivity contribution in [2.24, 2.45) is 5.92 Å². The van der Waals surface area contributed by atoms with Gasteiger partial charge in [-0.05, 0) is 48.4 Å². The highest BCUT2D eigenvalue weighted by molar-refractivity contribution is 5.95. The summed E-state index contributed by atoms with van der Waals surface area (Å²) in [7, 11) is 0. The number of aryl methyl sites for hydroxylation is 1. The van der Waals surface area contributed by atoms with Gasteiger partial charge in [0.25, 0.3) is 0 Å². The number of ether oxygens (including phenoxy) is 1. The molecule has 0 saturated carbocycles. The first-order chi connectivity index (χ1) is 12.7. The molecule has 2 atom stereocenters. The molecule has 4 rings (SSSR count). The summed E-state index contributed by atoms with van der Waals surface area (Å²) in [5.74, 6) is -0.353. The van der Waals surface area contributed by atoms with Gasteiger partial charge in [-0.3, -0.25) is 9.59 Å². The Bertz CT molecular complexity index is 830. The van der Waals surface area contributed by atoms with Crippen LogP contribution in [0, 0.1) is 5.92 Å². The summed E-state index contributed by atoms with van der Waals surface area (Å²) in [5.41, 5.74) is 4.66. The van der Waals surface area contributed by atoms with Crippen LogP contribution in [0.25, 0.3) is 0 Å². The van der Waals surface area contributed by atoms with Gasteiger partial charge in [-0.2, -0.15) is 0 Å². The van der Waals surface area contributed by atoms with E-state index in [4.69, 9.17) is 4.74 Å². The van der Waals surface area contributed by atoms with Crippen LogP contribution in [-0.2, 0) is 33.6 Å². The highest BCUT2D eigenvalue weighted by Gasteiger charge is 2.27. The Morgan fingerprint density at radius 2 is 1.73 bits per heavy atom. The predicted octanol–water partition coefficient (Wildman–Crippen LogP) is 3.68. The number of carbonyl (C=O) groups is 2. The van der Waals surface area contributed by atoms with E-state index in [0.29, 0.717) is 19.3 Å². The number of carbonyl (C=O) groups excluding carboxylic acids is 2. The number of rotatable bonds is 4. The first-order valence-electron chi connectivity index (χ1n) is 9.34. The van der Waals surface area contributed by atoms with Crippen LogP contribution in [0.15, 0.2) is 48.5 Å². The molecule has 1 amide bonds. The molecule has 4 heteroatoms. The van der Waals surface area contributed by atoms with Crippen molar-refractivity contribution in [1.82, 2.24) is 0 Å². The Balaban J connectivity index is 1.29. The van der Waals surface area contributed by atoms with Gasteiger partial charge in [-0.1, -0.05) is 42.5 Å². The van der Waals surface area contributed by atoms with E-state index in [2.05, 4.69) is 23.5 Å². The Hall–Kier alpha value is -2.62. The van der Waals surface area contributed by atoms with Gasteiger partial charge in [-0.25, -0.2) is 0 Å². The molecule has 2 aliphatic rings. The molecule has 26 heavy (non-hydrogen) atoms. The van der Waals surface area contributed by atoms with E-state index in [1.807, 2.05) is 30.3 Å². The number of anilines is 1. The predicted molar refractivity (Wildman–Crippen MR) is 99.8 cm³/mol. The summed E-state index contributed by atoms with van der Waals surface area (Å²) in [6.45, 7) is 0. The smallest absolute Gasteiger partial charge is 0.306 e. The molecule has 1 aliphatic heterocycles. The van der Waals surface area contributed by atoms with Gasteiger partial charge in [0.2, 0.25) is 5.91 Å². The fraction of sp³-hybridized carbons (Fsp3) is 0.364. The molecule has 0 fully saturated rings. The summed E-state index contributed by atoms with van der Waals surface area (Å²) in [6.07, 6.45) is 4.08. The van der Waals surface area contributed by atoms with E-state index in [9.17, 15) is 9.59 Å². The number of hydrogen-bond donors (Lipinski definition) is 1. The molecular formula is C22H23NO3. The van der Waals surface area contributed by atoms with Crippen molar-refractivity contribution in [3.8, 4) is 0 Å². The molecule has 0 saturated heterocycles. The third-order valence-electron chi connectivity index (χ3n) is 5.41. The Kier molecular flexibility index (Phi) is 4.74. The topological polar surface area (TPSA) is 55.4 Å². The van der Waals surface area contributed by atoms with Gasteiger partial charge in [0.1, 0.15) is 6.10 Å². The van der Waals surface area contributed by atoms with Crippen molar-refractivity contribution in [2.45, 2.75) is 44.6 Å². The number of nitrogens with one attached hydrogen (secondary N) is 1. The van der Waals surface area contributed by atoms with Crippen LogP contribution in [0.3, 0.4) is 0 Å². The lowest BCUT2D eigenvalue weighted by molar-refractivity contribution is -0.150. The van der Waals surface area contributed by atoms with Crippen molar-refractivity contribution in [2.75, 3.05) is 5.32 Å². The Labute approximate surface area is 153 Å². The normalized spacial score (nSPS) is 21.3. The van der Waals surface area contributed by atoms with Crippen LogP contribution < -0.4 is 5.32 Å². The van der Waals surface area contributed by atoms with Crippen LogP contribution in [0.1, 0.15) is 36.0 Å². The molecule has 0 radical (unpaired) electrons. The Morgan fingerprint density at radius 3 is 2.58 bits per heavy atom. The lowest BCUT2D eigenvalue weighted by atomic mass is 9.89. The first-order valence-corrected chi connectivity index (χ1v) is 9.34. The minimum atomic E-state index is -0.193. The zero-order valence-corrected chi connectivity index (χ0v) is 14.7. The standard InChI is InChI=1S/C22H23NO3/c24-21(26-19-11-9-15-5-1-2-6-16(15)14-19)12-10-18-13-17-7-3-4-8-20(17)23-22(18)25/h1-8,18-19H,9-14H2,(H,23,25). The van der Waals surface area contributed by atoms with Crippen LogP contribution in [0.2, 0.25) is 0 Å². The summed E-state index contributed by atoms with van der Waals surface area (Å²) < 4.78 is 5.67. The summed E-state index contributed by atoms with van der Waals surface area (Å²) in [5, 5.41) is 2.94. The highest BCUT2D eigenvalue weighted by atomic mass is 16.5. The van der Waals surface area contributed by atoms with Crippen molar-refractivity contribution in [3.63, 3.8) is 0 Å². The zero-order chi connectivity index (χ0) is 17.9. The van der Waals surface area contributed by atoms with Gasteiger partial charge < -0.3 is 10.1 Å². The largest absolute Gasteiger partial charge is 0.462 e. The highest BCUT2D eigenvalue weighted by Crippen LogP contribution is 2.28. The SMILES string of the molecule is O=C(CCC1Cc2ccccc2NC1=O)OC1CCc2ccccc2C1. The van der Waals surface area contributed by atoms with Crippen LogP contribution in [-0.4, -0.2) is 18.0 Å². The number of fused-ring (bicyclic) bond motifs is 2. The number of para-hydroxylation sites is 1. The van der Waals surface area contributed by atoms with E-state index in [1.54, 1.807) is 0 Å². The molecule has 4 nitrogen and oxygen atoms in total. The second-order valence-electron chi connectivity index (χ2n) is 7.21. The second-order valence-corrected chi connectivity index (χ2v) is 7.21. The van der Waals surface area contributed by atoms with E-state index in [1.165, 1.54) is 11.1 Å². The van der Waals surface area contributed by atoms with Gasteiger partial charge >= 0.3 is 5.97 Å². The van der Waals surface area contributed by atoms with E-state index in [-0.39, 0.29) is 23.9 Å². The van der Waals surface area contributed by atoms with Crippen LogP contribution in [0.4, 0.5) is 5.69 Å². The maximum Gasteiger partial charge on any atom is 0.306 e. The second kappa shape index (κ2) is 7.32. The molecule has 0 spiro atoms. The first kappa shape index (κ1) is 16.8. The quantitative estimate of drug-likeness (QED) is 0.857. The van der Waals surface area contributed by atoms with Gasteiger partial charge in [-0.15, -0.1) is 0 Å². The lowest BCUT2D eigenvalue weighted by Crippen LogP contribution is -2.31. The lowest BCUT2D eigenvalue weighted by Gasteiger charge is -2.26.